The Kier molecular flexibility index (Phi) is 6.16. The summed E-state index contributed by atoms with van der Waals surface area (Å²) in [5.74, 6) is 0.695. The third kappa shape index (κ3) is 5.47. The van der Waals surface area contributed by atoms with Crippen molar-refractivity contribution >= 4 is 23.6 Å². The van der Waals surface area contributed by atoms with Gasteiger partial charge in [-0.1, -0.05) is 54.1 Å². The minimum atomic E-state index is -4.50. The third-order valence-corrected chi connectivity index (χ3v) is 3.95. The summed E-state index contributed by atoms with van der Waals surface area (Å²) in [5.41, 5.74) is 3.40. The van der Waals surface area contributed by atoms with Crippen LogP contribution in [0.3, 0.4) is 0 Å². The number of pyridine rings is 1. The van der Waals surface area contributed by atoms with Crippen molar-refractivity contribution in [1.29, 1.82) is 0 Å². The number of nitrogens with zero attached hydrogens (tertiary/aromatic N) is 2. The topological polar surface area (TPSA) is 46.5 Å². The second kappa shape index (κ2) is 8.75. The number of hydrogen-bond donors (Lipinski definition) is 1. The number of alkyl halides is 3. The highest BCUT2D eigenvalue weighted by molar-refractivity contribution is 6.32. The molecule has 1 N–H and O–H groups in total. The molecule has 0 unspecified atom stereocenters. The van der Waals surface area contributed by atoms with Crippen molar-refractivity contribution < 1.29 is 17.9 Å². The van der Waals surface area contributed by atoms with Gasteiger partial charge in [0.05, 0.1) is 16.8 Å². The molecule has 3 aromatic rings. The third-order valence-electron chi connectivity index (χ3n) is 3.66. The van der Waals surface area contributed by atoms with Gasteiger partial charge in [0, 0.05) is 6.20 Å². The summed E-state index contributed by atoms with van der Waals surface area (Å²) in [4.78, 5) is 3.65. The Bertz CT molecular complexity index is 962. The smallest absolute Gasteiger partial charge is 0.417 e. The fourth-order valence-electron chi connectivity index (χ4n) is 2.27. The molecular formula is C20H15ClF3N3O. The van der Waals surface area contributed by atoms with E-state index >= 15 is 0 Å². The summed E-state index contributed by atoms with van der Waals surface area (Å²) < 4.78 is 43.6. The Morgan fingerprint density at radius 1 is 1.07 bits per heavy atom. The van der Waals surface area contributed by atoms with Crippen LogP contribution in [0.2, 0.25) is 5.02 Å². The SMILES string of the molecule is FC(F)(F)c1cnc(N/N=C\c2cccc(OCc3ccccc3)c2)c(Cl)c1. The lowest BCUT2D eigenvalue weighted by molar-refractivity contribution is -0.137. The molecule has 0 fully saturated rings. The Labute approximate surface area is 164 Å². The predicted molar refractivity (Wildman–Crippen MR) is 103 cm³/mol. The molecule has 0 spiro atoms. The zero-order valence-corrected chi connectivity index (χ0v) is 15.2. The molecule has 4 nitrogen and oxygen atoms in total. The fraction of sp³-hybridized carbons (Fsp3) is 0.100. The van der Waals surface area contributed by atoms with E-state index in [9.17, 15) is 13.2 Å². The number of rotatable bonds is 6. The summed E-state index contributed by atoms with van der Waals surface area (Å²) in [6.45, 7) is 0.435. The lowest BCUT2D eigenvalue weighted by atomic mass is 10.2. The van der Waals surface area contributed by atoms with Gasteiger partial charge in [0.15, 0.2) is 5.82 Å². The summed E-state index contributed by atoms with van der Waals surface area (Å²) in [5, 5.41) is 3.79. The number of ether oxygens (including phenoxy) is 1. The summed E-state index contributed by atoms with van der Waals surface area (Å²) in [6.07, 6.45) is -2.31. The van der Waals surface area contributed by atoms with Crippen molar-refractivity contribution in [3.8, 4) is 5.75 Å². The lowest BCUT2D eigenvalue weighted by Gasteiger charge is -2.08. The quantitative estimate of drug-likeness (QED) is 0.417. The van der Waals surface area contributed by atoms with Gasteiger partial charge in [-0.2, -0.15) is 18.3 Å². The van der Waals surface area contributed by atoms with Gasteiger partial charge in [-0.15, -0.1) is 0 Å². The van der Waals surface area contributed by atoms with Crippen LogP contribution in [0, 0.1) is 0 Å². The number of benzene rings is 2. The highest BCUT2D eigenvalue weighted by atomic mass is 35.5. The zero-order chi connectivity index (χ0) is 20.0. The number of anilines is 1. The number of aromatic nitrogens is 1. The van der Waals surface area contributed by atoms with Gasteiger partial charge in [0.2, 0.25) is 0 Å². The van der Waals surface area contributed by atoms with Crippen LogP contribution in [-0.4, -0.2) is 11.2 Å². The van der Waals surface area contributed by atoms with E-state index in [4.69, 9.17) is 16.3 Å². The number of hydrazone groups is 1. The van der Waals surface area contributed by atoms with Gasteiger partial charge >= 0.3 is 6.18 Å². The molecule has 0 radical (unpaired) electrons. The van der Waals surface area contributed by atoms with E-state index in [0.29, 0.717) is 18.6 Å². The molecule has 144 valence electrons. The van der Waals surface area contributed by atoms with Crippen molar-refractivity contribution in [2.45, 2.75) is 12.8 Å². The van der Waals surface area contributed by atoms with Crippen molar-refractivity contribution in [3.05, 3.63) is 88.6 Å². The van der Waals surface area contributed by atoms with Crippen LogP contribution in [0.5, 0.6) is 5.75 Å². The molecule has 0 amide bonds. The van der Waals surface area contributed by atoms with Crippen LogP contribution in [0.4, 0.5) is 19.0 Å². The van der Waals surface area contributed by atoms with E-state index in [2.05, 4.69) is 15.5 Å². The van der Waals surface area contributed by atoms with Crippen LogP contribution in [-0.2, 0) is 12.8 Å². The van der Waals surface area contributed by atoms with Crippen molar-refractivity contribution in [1.82, 2.24) is 4.98 Å². The molecule has 0 bridgehead atoms. The van der Waals surface area contributed by atoms with E-state index in [1.54, 1.807) is 6.07 Å². The van der Waals surface area contributed by atoms with E-state index in [1.807, 2.05) is 48.5 Å². The van der Waals surface area contributed by atoms with E-state index in [-0.39, 0.29) is 10.8 Å². The van der Waals surface area contributed by atoms with Crippen molar-refractivity contribution in [2.75, 3.05) is 5.43 Å². The fourth-order valence-corrected chi connectivity index (χ4v) is 2.48. The van der Waals surface area contributed by atoms with Gasteiger partial charge in [0.1, 0.15) is 12.4 Å². The molecule has 0 aliphatic carbocycles. The minimum Gasteiger partial charge on any atom is -0.489 e. The molecule has 8 heteroatoms. The highest BCUT2D eigenvalue weighted by Gasteiger charge is 2.31. The van der Waals surface area contributed by atoms with Gasteiger partial charge < -0.3 is 4.74 Å². The zero-order valence-electron chi connectivity index (χ0n) is 14.4. The van der Waals surface area contributed by atoms with Gasteiger partial charge in [-0.25, -0.2) is 4.98 Å². The summed E-state index contributed by atoms with van der Waals surface area (Å²) in [7, 11) is 0. The molecule has 0 saturated carbocycles. The summed E-state index contributed by atoms with van der Waals surface area (Å²) in [6, 6.07) is 17.8. The maximum absolute atomic E-state index is 12.6. The number of halogens is 4. The molecule has 3 rings (SSSR count). The van der Waals surface area contributed by atoms with Gasteiger partial charge in [-0.3, -0.25) is 5.43 Å². The first kappa shape index (κ1) is 19.7. The maximum atomic E-state index is 12.6. The van der Waals surface area contributed by atoms with Crippen LogP contribution >= 0.6 is 11.6 Å². The van der Waals surface area contributed by atoms with Gasteiger partial charge in [-0.05, 0) is 29.3 Å². The molecule has 28 heavy (non-hydrogen) atoms. The minimum absolute atomic E-state index is 0.0300. The van der Waals surface area contributed by atoms with Crippen molar-refractivity contribution in [3.63, 3.8) is 0 Å². The van der Waals surface area contributed by atoms with Crippen LogP contribution < -0.4 is 10.2 Å². The van der Waals surface area contributed by atoms with E-state index in [1.165, 1.54) is 6.21 Å². The Hall–Kier alpha value is -3.06. The Balaban J connectivity index is 1.62. The monoisotopic (exact) mass is 405 g/mol. The second-order valence-corrected chi connectivity index (χ2v) is 6.18. The number of hydrogen-bond acceptors (Lipinski definition) is 4. The first-order chi connectivity index (χ1) is 13.4. The molecule has 2 aromatic carbocycles. The maximum Gasteiger partial charge on any atom is 0.417 e. The van der Waals surface area contributed by atoms with Crippen LogP contribution in [0.15, 0.2) is 72.0 Å². The molecule has 0 aliphatic heterocycles. The Morgan fingerprint density at radius 3 is 2.57 bits per heavy atom. The molecule has 1 aromatic heterocycles. The summed E-state index contributed by atoms with van der Waals surface area (Å²) >= 11 is 5.82. The number of nitrogens with one attached hydrogen (secondary N) is 1. The first-order valence-electron chi connectivity index (χ1n) is 8.20. The molecule has 0 atom stereocenters. The molecular weight excluding hydrogens is 391 g/mol. The normalized spacial score (nSPS) is 11.6. The average molecular weight is 406 g/mol. The second-order valence-electron chi connectivity index (χ2n) is 5.77. The van der Waals surface area contributed by atoms with E-state index in [0.717, 1.165) is 17.2 Å². The predicted octanol–water partition coefficient (Wildman–Crippen LogP) is 5.78. The average Bonchev–Trinajstić information content (AvgIpc) is 2.68. The molecule has 0 aliphatic rings. The van der Waals surface area contributed by atoms with E-state index < -0.39 is 11.7 Å². The highest BCUT2D eigenvalue weighted by Crippen LogP contribution is 2.32. The molecule has 0 saturated heterocycles. The Morgan fingerprint density at radius 2 is 1.86 bits per heavy atom. The van der Waals surface area contributed by atoms with Gasteiger partial charge in [0.25, 0.3) is 0 Å². The largest absolute Gasteiger partial charge is 0.489 e. The standard InChI is InChI=1S/C20H15ClF3N3O/c21-18-10-16(20(22,23)24)12-25-19(18)27-26-11-15-7-4-8-17(9-15)28-13-14-5-2-1-3-6-14/h1-12H,13H2,(H,25,27)/b26-11-. The molecule has 1 heterocycles. The van der Waals surface area contributed by atoms with Crippen LogP contribution in [0.1, 0.15) is 16.7 Å². The first-order valence-corrected chi connectivity index (χ1v) is 8.58. The lowest BCUT2D eigenvalue weighted by Crippen LogP contribution is -2.06. The van der Waals surface area contributed by atoms with Crippen molar-refractivity contribution in [2.24, 2.45) is 5.10 Å². The van der Waals surface area contributed by atoms with Crippen LogP contribution in [0.25, 0.3) is 0 Å².